The van der Waals surface area contributed by atoms with E-state index in [1.165, 1.54) is 6.07 Å². The summed E-state index contributed by atoms with van der Waals surface area (Å²) in [6, 6.07) is 6.60. The van der Waals surface area contributed by atoms with Crippen LogP contribution in [0, 0.1) is 5.82 Å². The van der Waals surface area contributed by atoms with Crippen LogP contribution >= 0.6 is 0 Å². The number of nitrogens with one attached hydrogen (secondary N) is 1. The maximum Gasteiger partial charge on any atom is 0.132 e. The van der Waals surface area contributed by atoms with Gasteiger partial charge in [-0.15, -0.1) is 0 Å². The molecular weight excluding hydrogens is 193 g/mol. The van der Waals surface area contributed by atoms with E-state index in [1.807, 2.05) is 13.1 Å². The zero-order valence-corrected chi connectivity index (χ0v) is 8.42. The van der Waals surface area contributed by atoms with Crippen molar-refractivity contribution in [2.45, 2.75) is 6.54 Å². The van der Waals surface area contributed by atoms with Crippen molar-refractivity contribution < 1.29 is 4.39 Å². The van der Waals surface area contributed by atoms with E-state index in [2.05, 4.69) is 10.3 Å². The van der Waals surface area contributed by atoms with Crippen LogP contribution in [0.1, 0.15) is 5.56 Å². The molecule has 0 atom stereocenters. The van der Waals surface area contributed by atoms with Crippen LogP contribution in [0.3, 0.4) is 0 Å². The Bertz CT molecular complexity index is 496. The van der Waals surface area contributed by atoms with Gasteiger partial charge in [-0.05, 0) is 36.9 Å². The van der Waals surface area contributed by atoms with Gasteiger partial charge in [0.1, 0.15) is 11.6 Å². The third-order valence-electron chi connectivity index (χ3n) is 2.22. The second-order valence-corrected chi connectivity index (χ2v) is 3.41. The summed E-state index contributed by atoms with van der Waals surface area (Å²) in [5.74, 6) is 0.147. The first-order valence-corrected chi connectivity index (χ1v) is 4.70. The second kappa shape index (κ2) is 3.82. The molecule has 1 aromatic heterocycles. The molecule has 0 amide bonds. The van der Waals surface area contributed by atoms with Gasteiger partial charge >= 0.3 is 0 Å². The topological polar surface area (TPSA) is 50.9 Å². The highest BCUT2D eigenvalue weighted by Gasteiger charge is 2.04. The van der Waals surface area contributed by atoms with E-state index in [1.54, 1.807) is 12.1 Å². The number of benzene rings is 1. The van der Waals surface area contributed by atoms with Gasteiger partial charge in [0.15, 0.2) is 0 Å². The summed E-state index contributed by atoms with van der Waals surface area (Å²) in [6.07, 6.45) is 0. The van der Waals surface area contributed by atoms with Crippen LogP contribution in [-0.2, 0) is 6.54 Å². The first kappa shape index (κ1) is 9.86. The molecule has 4 heteroatoms. The third kappa shape index (κ3) is 1.89. The molecule has 3 nitrogen and oxygen atoms in total. The monoisotopic (exact) mass is 205 g/mol. The smallest absolute Gasteiger partial charge is 0.132 e. The zero-order valence-electron chi connectivity index (χ0n) is 8.42. The predicted molar refractivity (Wildman–Crippen MR) is 58.9 cm³/mol. The van der Waals surface area contributed by atoms with Crippen LogP contribution in [0.15, 0.2) is 24.3 Å². The Morgan fingerprint density at radius 2 is 2.20 bits per heavy atom. The minimum Gasteiger partial charge on any atom is -0.384 e. The number of nitrogens with zero attached hydrogens (tertiary/aromatic N) is 1. The fraction of sp³-hybridized carbons (Fsp3) is 0.182. The molecular formula is C11H12FN3. The van der Waals surface area contributed by atoms with Gasteiger partial charge in [-0.2, -0.15) is 0 Å². The van der Waals surface area contributed by atoms with Crippen LogP contribution in [0.5, 0.6) is 0 Å². The summed E-state index contributed by atoms with van der Waals surface area (Å²) in [6.45, 7) is 0.614. The van der Waals surface area contributed by atoms with Gasteiger partial charge in [-0.1, -0.05) is 0 Å². The van der Waals surface area contributed by atoms with Crippen LogP contribution in [0.4, 0.5) is 10.2 Å². The number of pyridine rings is 1. The summed E-state index contributed by atoms with van der Waals surface area (Å²) in [5, 5.41) is 3.47. The second-order valence-electron chi connectivity index (χ2n) is 3.41. The number of halogens is 1. The number of hydrogen-bond acceptors (Lipinski definition) is 3. The van der Waals surface area contributed by atoms with Gasteiger partial charge in [0.05, 0.1) is 5.52 Å². The zero-order chi connectivity index (χ0) is 10.8. The summed E-state index contributed by atoms with van der Waals surface area (Å²) >= 11 is 0. The van der Waals surface area contributed by atoms with Gasteiger partial charge in [0, 0.05) is 11.9 Å². The Balaban J connectivity index is 2.63. The highest BCUT2D eigenvalue weighted by Crippen LogP contribution is 2.19. The Hall–Kier alpha value is -1.68. The molecule has 1 heterocycles. The molecule has 0 fully saturated rings. The molecule has 3 N–H and O–H groups in total. The summed E-state index contributed by atoms with van der Waals surface area (Å²) in [5.41, 5.74) is 7.01. The highest BCUT2D eigenvalue weighted by molar-refractivity contribution is 5.81. The van der Waals surface area contributed by atoms with Crippen LogP contribution in [0.2, 0.25) is 0 Å². The Kier molecular flexibility index (Phi) is 2.51. The SMILES string of the molecule is CNCc1cc(F)c2ccc(N)nc2c1. The lowest BCUT2D eigenvalue weighted by molar-refractivity contribution is 0.635. The van der Waals surface area contributed by atoms with Gasteiger partial charge in [0.2, 0.25) is 0 Å². The number of nitrogen functional groups attached to an aromatic ring is 1. The molecule has 0 aliphatic carbocycles. The summed E-state index contributed by atoms with van der Waals surface area (Å²) < 4.78 is 13.6. The number of fused-ring (bicyclic) bond motifs is 1. The van der Waals surface area contributed by atoms with E-state index in [0.717, 1.165) is 5.56 Å². The van der Waals surface area contributed by atoms with E-state index in [9.17, 15) is 4.39 Å². The van der Waals surface area contributed by atoms with Crippen molar-refractivity contribution in [3.8, 4) is 0 Å². The minimum absolute atomic E-state index is 0.259. The number of rotatable bonds is 2. The van der Waals surface area contributed by atoms with Crippen molar-refractivity contribution in [1.82, 2.24) is 10.3 Å². The average Bonchev–Trinajstić information content (AvgIpc) is 2.17. The first-order chi connectivity index (χ1) is 7.20. The number of aromatic nitrogens is 1. The van der Waals surface area contributed by atoms with Crippen molar-refractivity contribution in [3.63, 3.8) is 0 Å². The molecule has 0 saturated carbocycles. The number of nitrogens with two attached hydrogens (primary N) is 1. The molecule has 78 valence electrons. The maximum atomic E-state index is 13.6. The lowest BCUT2D eigenvalue weighted by atomic mass is 10.1. The average molecular weight is 205 g/mol. The molecule has 0 bridgehead atoms. The van der Waals surface area contributed by atoms with Gasteiger partial charge in [0.25, 0.3) is 0 Å². The molecule has 0 aliphatic rings. The molecule has 0 saturated heterocycles. The maximum absolute atomic E-state index is 13.6. The molecule has 0 radical (unpaired) electrons. The van der Waals surface area contributed by atoms with Crippen molar-refractivity contribution >= 4 is 16.7 Å². The largest absolute Gasteiger partial charge is 0.384 e. The number of hydrogen-bond donors (Lipinski definition) is 2. The quantitative estimate of drug-likeness (QED) is 0.784. The lowest BCUT2D eigenvalue weighted by Gasteiger charge is -2.04. The Labute approximate surface area is 87.1 Å². The molecule has 1 aromatic carbocycles. The molecule has 0 spiro atoms. The van der Waals surface area contributed by atoms with Gasteiger partial charge in [-0.3, -0.25) is 0 Å². The summed E-state index contributed by atoms with van der Waals surface area (Å²) in [7, 11) is 1.81. The Morgan fingerprint density at radius 3 is 2.93 bits per heavy atom. The van der Waals surface area contributed by atoms with Crippen molar-refractivity contribution in [2.24, 2.45) is 0 Å². The lowest BCUT2D eigenvalue weighted by Crippen LogP contribution is -2.05. The fourth-order valence-electron chi connectivity index (χ4n) is 1.57. The van der Waals surface area contributed by atoms with E-state index in [4.69, 9.17) is 5.73 Å². The molecule has 0 aliphatic heterocycles. The minimum atomic E-state index is -0.259. The molecule has 2 aromatic rings. The fourth-order valence-corrected chi connectivity index (χ4v) is 1.57. The normalized spacial score (nSPS) is 10.8. The van der Waals surface area contributed by atoms with E-state index in [-0.39, 0.29) is 5.82 Å². The van der Waals surface area contributed by atoms with E-state index < -0.39 is 0 Å². The van der Waals surface area contributed by atoms with Crippen LogP contribution < -0.4 is 11.1 Å². The highest BCUT2D eigenvalue weighted by atomic mass is 19.1. The number of anilines is 1. The summed E-state index contributed by atoms with van der Waals surface area (Å²) in [4.78, 5) is 4.09. The van der Waals surface area contributed by atoms with Crippen molar-refractivity contribution in [1.29, 1.82) is 0 Å². The van der Waals surface area contributed by atoms with Gasteiger partial charge < -0.3 is 11.1 Å². The standard InChI is InChI=1S/C11H12FN3/c1-14-6-7-4-9(12)8-2-3-11(13)15-10(8)5-7/h2-5,14H,6H2,1H3,(H2,13,15). The molecule has 15 heavy (non-hydrogen) atoms. The van der Waals surface area contributed by atoms with Gasteiger partial charge in [-0.25, -0.2) is 9.37 Å². The first-order valence-electron chi connectivity index (χ1n) is 4.70. The van der Waals surface area contributed by atoms with Crippen LogP contribution in [0.25, 0.3) is 10.9 Å². The Morgan fingerprint density at radius 1 is 1.40 bits per heavy atom. The predicted octanol–water partition coefficient (Wildman–Crippen LogP) is 1.68. The van der Waals surface area contributed by atoms with Crippen molar-refractivity contribution in [3.05, 3.63) is 35.6 Å². The van der Waals surface area contributed by atoms with E-state index in [0.29, 0.717) is 23.3 Å². The van der Waals surface area contributed by atoms with Crippen LogP contribution in [-0.4, -0.2) is 12.0 Å². The molecule has 0 unspecified atom stereocenters. The van der Waals surface area contributed by atoms with E-state index >= 15 is 0 Å². The van der Waals surface area contributed by atoms with Crippen molar-refractivity contribution in [2.75, 3.05) is 12.8 Å². The third-order valence-corrected chi connectivity index (χ3v) is 2.22. The molecule has 2 rings (SSSR count).